The maximum absolute atomic E-state index is 6.50. The van der Waals surface area contributed by atoms with Gasteiger partial charge in [-0.3, -0.25) is 0 Å². The van der Waals surface area contributed by atoms with Gasteiger partial charge in [-0.15, -0.1) is 77.4 Å². The summed E-state index contributed by atoms with van der Waals surface area (Å²) < 4.78 is 11.2. The number of aromatic nitrogens is 3. The van der Waals surface area contributed by atoms with Gasteiger partial charge in [-0.1, -0.05) is 97.5 Å². The summed E-state index contributed by atoms with van der Waals surface area (Å²) in [6, 6.07) is 66.6. The van der Waals surface area contributed by atoms with Crippen molar-refractivity contribution < 1.29 is 27.1 Å². The Morgan fingerprint density at radius 1 is 0.528 bits per heavy atom. The zero-order chi connectivity index (χ0) is 34.6. The van der Waals surface area contributed by atoms with Crippen molar-refractivity contribution in [2.45, 2.75) is 6.92 Å². The summed E-state index contributed by atoms with van der Waals surface area (Å²) >= 11 is 0. The Kier molecular flexibility index (Phi) is 8.29. The van der Waals surface area contributed by atoms with E-state index < -0.39 is 0 Å². The molecule has 0 N–H and O–H groups in total. The molecule has 0 saturated heterocycles. The van der Waals surface area contributed by atoms with Crippen molar-refractivity contribution in [2.24, 2.45) is 0 Å². The Morgan fingerprint density at radius 3 is 2.11 bits per heavy atom. The van der Waals surface area contributed by atoms with E-state index in [1.807, 2.05) is 54.6 Å². The topological polar surface area (TPSA) is 32.0 Å². The summed E-state index contributed by atoms with van der Waals surface area (Å²) in [5, 5.41) is 4.87. The third kappa shape index (κ3) is 5.56. The van der Waals surface area contributed by atoms with Gasteiger partial charge in [-0.2, -0.15) is 6.07 Å². The molecule has 0 saturated carbocycles. The maximum atomic E-state index is 6.50. The molecule has 0 spiro atoms. The van der Waals surface area contributed by atoms with E-state index in [9.17, 15) is 0 Å². The van der Waals surface area contributed by atoms with Crippen LogP contribution in [0.2, 0.25) is 0 Å². The molecule has 0 atom stereocenters. The molecule has 7 aromatic carbocycles. The van der Waals surface area contributed by atoms with Crippen LogP contribution in [0.1, 0.15) is 5.56 Å². The molecule has 0 aliphatic rings. The zero-order valence-electron chi connectivity index (χ0n) is 28.6. The molecule has 0 fully saturated rings. The number of hydrogen-bond acceptors (Lipinski definition) is 2. The molecular weight excluding hydrogens is 832 g/mol. The number of para-hydroxylation sites is 3. The number of fused-ring (bicyclic) bond motifs is 7. The van der Waals surface area contributed by atoms with Crippen molar-refractivity contribution in [2.75, 3.05) is 0 Å². The number of rotatable bonds is 6. The van der Waals surface area contributed by atoms with Gasteiger partial charge in [-0.05, 0) is 41.7 Å². The van der Waals surface area contributed by atoms with Gasteiger partial charge in [-0.25, -0.2) is 0 Å². The molecule has 10 rings (SSSR count). The monoisotopic (exact) mass is 861 g/mol. The number of pyridine rings is 1. The van der Waals surface area contributed by atoms with Crippen LogP contribution in [0, 0.1) is 25.1 Å². The molecule has 4 nitrogen and oxygen atoms in total. The van der Waals surface area contributed by atoms with Crippen molar-refractivity contribution in [3.05, 3.63) is 188 Å². The van der Waals surface area contributed by atoms with Crippen LogP contribution in [0.4, 0.5) is 0 Å². The quantitative estimate of drug-likeness (QED) is 0.123. The van der Waals surface area contributed by atoms with Crippen LogP contribution in [-0.4, -0.2) is 14.1 Å². The molecule has 0 radical (unpaired) electrons. The SMILES string of the molecule is Cc1ccc(Oc2[c-]ccc(-n3c4ccccc4c4c3ccc3c5ccccc5n(-c5ccccc5)c34)c2)[c-]c1-c1cccc(-c2[c-]cccc2)n1.[Au+3]. The second-order valence-electron chi connectivity index (χ2n) is 13.0. The van der Waals surface area contributed by atoms with E-state index in [0.29, 0.717) is 11.5 Å². The van der Waals surface area contributed by atoms with Crippen LogP contribution >= 0.6 is 0 Å². The third-order valence-electron chi connectivity index (χ3n) is 9.84. The number of hydrogen-bond donors (Lipinski definition) is 0. The van der Waals surface area contributed by atoms with Crippen LogP contribution in [0.15, 0.2) is 164 Å². The largest absolute Gasteiger partial charge is 3.00 e. The van der Waals surface area contributed by atoms with Gasteiger partial charge >= 0.3 is 22.4 Å². The molecule has 3 heterocycles. The van der Waals surface area contributed by atoms with E-state index in [-0.39, 0.29) is 22.4 Å². The first-order chi connectivity index (χ1) is 25.7. The standard InChI is InChI=1S/C48H30N3O.Au/c1-32-26-27-37(31-41(32)43-23-13-22-42(49-43)33-14-4-2-5-15-33)52-36-19-12-18-35(30-36)50-45-25-11-9-21-40(45)47-46(50)29-28-39-38-20-8-10-24-44(38)51(48(39)47)34-16-6-3-7-17-34;/h2-14,16-18,20-30H,1H3;/q-3;+3. The van der Waals surface area contributed by atoms with Crippen molar-refractivity contribution in [3.8, 4) is 45.4 Å². The molecule has 5 heteroatoms. The fraction of sp³-hybridized carbons (Fsp3) is 0.0208. The Labute approximate surface area is 323 Å². The molecular formula is C48H30AuN3O. The predicted octanol–water partition coefficient (Wildman–Crippen LogP) is 12.1. The number of ether oxygens (including phenoxy) is 1. The minimum absolute atomic E-state index is 0. The molecule has 53 heavy (non-hydrogen) atoms. The number of benzene rings is 7. The number of nitrogens with zero attached hydrogens (tertiary/aromatic N) is 3. The summed E-state index contributed by atoms with van der Waals surface area (Å²) in [7, 11) is 0. The Balaban J connectivity index is 0.00000372. The van der Waals surface area contributed by atoms with Crippen LogP contribution in [0.3, 0.4) is 0 Å². The Morgan fingerprint density at radius 2 is 1.28 bits per heavy atom. The summed E-state index contributed by atoms with van der Waals surface area (Å²) in [5.41, 5.74) is 11.4. The average Bonchev–Trinajstić information content (AvgIpc) is 3.72. The molecule has 3 aromatic heterocycles. The zero-order valence-corrected chi connectivity index (χ0v) is 30.8. The van der Waals surface area contributed by atoms with Crippen molar-refractivity contribution in [3.63, 3.8) is 0 Å². The summed E-state index contributed by atoms with van der Waals surface area (Å²) in [6.07, 6.45) is 0. The predicted molar refractivity (Wildman–Crippen MR) is 212 cm³/mol. The van der Waals surface area contributed by atoms with Crippen molar-refractivity contribution in [1.82, 2.24) is 14.1 Å². The van der Waals surface area contributed by atoms with Gasteiger partial charge in [0.25, 0.3) is 0 Å². The van der Waals surface area contributed by atoms with Crippen LogP contribution in [0.25, 0.3) is 77.5 Å². The average molecular weight is 862 g/mol. The van der Waals surface area contributed by atoms with Gasteiger partial charge in [0.05, 0.1) is 22.1 Å². The van der Waals surface area contributed by atoms with E-state index >= 15 is 0 Å². The van der Waals surface area contributed by atoms with E-state index in [1.165, 1.54) is 32.6 Å². The Hall–Kier alpha value is -6.17. The summed E-state index contributed by atoms with van der Waals surface area (Å²) in [4.78, 5) is 4.96. The minimum atomic E-state index is 0. The van der Waals surface area contributed by atoms with Crippen LogP contribution in [-0.2, 0) is 22.4 Å². The molecule has 10 aromatic rings. The van der Waals surface area contributed by atoms with Crippen molar-refractivity contribution in [1.29, 1.82) is 0 Å². The van der Waals surface area contributed by atoms with Crippen LogP contribution in [0.5, 0.6) is 11.5 Å². The van der Waals surface area contributed by atoms with Gasteiger partial charge in [0.1, 0.15) is 0 Å². The van der Waals surface area contributed by atoms with E-state index in [4.69, 9.17) is 9.72 Å². The second-order valence-corrected chi connectivity index (χ2v) is 13.0. The van der Waals surface area contributed by atoms with Crippen molar-refractivity contribution >= 4 is 43.6 Å². The molecule has 0 amide bonds. The van der Waals surface area contributed by atoms with Gasteiger partial charge in [0, 0.05) is 38.7 Å². The molecule has 254 valence electrons. The smallest absolute Gasteiger partial charge is 0.503 e. The molecule has 0 aliphatic heterocycles. The second kappa shape index (κ2) is 13.4. The fourth-order valence-corrected chi connectivity index (χ4v) is 7.53. The van der Waals surface area contributed by atoms with E-state index in [1.54, 1.807) is 0 Å². The first kappa shape index (κ1) is 32.7. The van der Waals surface area contributed by atoms with Gasteiger partial charge in [0.15, 0.2) is 0 Å². The van der Waals surface area contributed by atoms with E-state index in [0.717, 1.165) is 50.5 Å². The van der Waals surface area contributed by atoms with Gasteiger partial charge in [0.2, 0.25) is 0 Å². The Bertz CT molecular complexity index is 2950. The first-order valence-corrected chi connectivity index (χ1v) is 17.4. The normalized spacial score (nSPS) is 11.3. The maximum Gasteiger partial charge on any atom is 3.00 e. The summed E-state index contributed by atoms with van der Waals surface area (Å²) in [5.74, 6) is 1.21. The number of aryl methyl sites for hydroxylation is 1. The molecule has 0 bridgehead atoms. The minimum Gasteiger partial charge on any atom is -0.503 e. The first-order valence-electron chi connectivity index (χ1n) is 17.4. The molecule has 0 unspecified atom stereocenters. The molecule has 0 aliphatic carbocycles. The van der Waals surface area contributed by atoms with Crippen LogP contribution < -0.4 is 4.74 Å². The summed E-state index contributed by atoms with van der Waals surface area (Å²) in [6.45, 7) is 2.07. The third-order valence-corrected chi connectivity index (χ3v) is 9.84. The van der Waals surface area contributed by atoms with Gasteiger partial charge < -0.3 is 18.9 Å². The fourth-order valence-electron chi connectivity index (χ4n) is 7.53. The van der Waals surface area contributed by atoms with E-state index in [2.05, 4.69) is 143 Å².